The van der Waals surface area contributed by atoms with Crippen LogP contribution in [-0.2, 0) is 17.8 Å². The second-order valence-corrected chi connectivity index (χ2v) is 6.56. The van der Waals surface area contributed by atoms with Gasteiger partial charge in [0.2, 0.25) is 0 Å². The Balaban J connectivity index is 1.67. The van der Waals surface area contributed by atoms with E-state index in [2.05, 4.69) is 10.3 Å². The summed E-state index contributed by atoms with van der Waals surface area (Å²) in [5.41, 5.74) is 0.444. The van der Waals surface area contributed by atoms with Crippen molar-refractivity contribution in [1.82, 2.24) is 4.98 Å². The van der Waals surface area contributed by atoms with E-state index in [1.54, 1.807) is 18.2 Å². The molecule has 1 aliphatic heterocycles. The lowest BCUT2D eigenvalue weighted by molar-refractivity contribution is 0.102. The molecule has 0 saturated carbocycles. The lowest BCUT2D eigenvalue weighted by Gasteiger charge is -2.08. The van der Waals surface area contributed by atoms with Crippen LogP contribution < -0.4 is 15.7 Å². The highest BCUT2D eigenvalue weighted by Crippen LogP contribution is 2.28. The summed E-state index contributed by atoms with van der Waals surface area (Å²) in [6.07, 6.45) is 0.722. The average molecular weight is 358 g/mol. The summed E-state index contributed by atoms with van der Waals surface area (Å²) >= 11 is 1.35. The van der Waals surface area contributed by atoms with Crippen LogP contribution in [0.15, 0.2) is 33.5 Å². The van der Waals surface area contributed by atoms with Gasteiger partial charge in [-0.1, -0.05) is 23.5 Å². The number of aromatic nitrogens is 1. The number of carbonyl (C=O) groups is 1. The molecule has 3 heterocycles. The Morgan fingerprint density at radius 1 is 1.40 bits per heavy atom. The van der Waals surface area contributed by atoms with E-state index in [1.807, 2.05) is 0 Å². The van der Waals surface area contributed by atoms with E-state index in [-0.39, 0.29) is 5.56 Å². The second kappa shape index (κ2) is 6.30. The number of hydrogen-bond donors (Lipinski definition) is 1. The summed E-state index contributed by atoms with van der Waals surface area (Å²) in [7, 11) is 1.49. The molecule has 1 N–H and O–H groups in total. The van der Waals surface area contributed by atoms with Crippen LogP contribution >= 0.6 is 11.3 Å². The van der Waals surface area contributed by atoms with Gasteiger partial charge in [0.25, 0.3) is 5.91 Å². The Morgan fingerprint density at radius 2 is 2.28 bits per heavy atom. The van der Waals surface area contributed by atoms with Crippen molar-refractivity contribution in [2.75, 3.05) is 19.0 Å². The first-order valence-corrected chi connectivity index (χ1v) is 8.46. The Bertz CT molecular complexity index is 1000. The smallest absolute Gasteiger partial charge is 0.349 e. The lowest BCUT2D eigenvalue weighted by atomic mass is 10.1. The molecule has 0 aliphatic carbocycles. The zero-order valence-corrected chi connectivity index (χ0v) is 14.1. The molecule has 1 aromatic carbocycles. The molecule has 4 rings (SSSR count). The van der Waals surface area contributed by atoms with Crippen LogP contribution in [0, 0.1) is 0 Å². The van der Waals surface area contributed by atoms with E-state index in [1.165, 1.54) is 24.5 Å². The standard InChI is InChI=1S/C17H14N2O5S/c1-22-12-4-2-3-9-7-10(16(21)24-14(9)12)15(20)19-17-18-11-5-6-23-8-13(11)25-17/h2-4,7H,5-6,8H2,1H3,(H,18,19,20). The zero-order chi connectivity index (χ0) is 17.4. The molecule has 7 nitrogen and oxygen atoms in total. The van der Waals surface area contributed by atoms with Gasteiger partial charge in [-0.3, -0.25) is 10.1 Å². The molecule has 0 saturated heterocycles. The number of nitrogens with zero attached hydrogens (tertiary/aromatic N) is 1. The molecule has 128 valence electrons. The van der Waals surface area contributed by atoms with Gasteiger partial charge >= 0.3 is 5.63 Å². The molecule has 8 heteroatoms. The third-order valence-electron chi connectivity index (χ3n) is 3.90. The van der Waals surface area contributed by atoms with E-state index in [4.69, 9.17) is 13.9 Å². The van der Waals surface area contributed by atoms with Gasteiger partial charge in [0.1, 0.15) is 5.56 Å². The molecule has 3 aromatic rings. The molecular weight excluding hydrogens is 344 g/mol. The molecule has 0 unspecified atom stereocenters. The molecule has 1 amide bonds. The Hall–Kier alpha value is -2.71. The molecule has 25 heavy (non-hydrogen) atoms. The van der Waals surface area contributed by atoms with Crippen LogP contribution in [0.4, 0.5) is 5.13 Å². The van der Waals surface area contributed by atoms with Gasteiger partial charge in [-0.25, -0.2) is 9.78 Å². The van der Waals surface area contributed by atoms with Crippen molar-refractivity contribution < 1.29 is 18.7 Å². The molecular formula is C17H14N2O5S. The third kappa shape index (κ3) is 2.90. The predicted molar refractivity (Wildman–Crippen MR) is 92.5 cm³/mol. The van der Waals surface area contributed by atoms with E-state index in [0.29, 0.717) is 35.1 Å². The minimum atomic E-state index is -0.723. The Morgan fingerprint density at radius 3 is 3.08 bits per heavy atom. The summed E-state index contributed by atoms with van der Waals surface area (Å²) in [4.78, 5) is 30.1. The van der Waals surface area contributed by atoms with Crippen molar-refractivity contribution in [1.29, 1.82) is 0 Å². The van der Waals surface area contributed by atoms with Crippen molar-refractivity contribution in [3.8, 4) is 5.75 Å². The molecule has 0 spiro atoms. The summed E-state index contributed by atoms with van der Waals surface area (Å²) in [6.45, 7) is 1.13. The van der Waals surface area contributed by atoms with E-state index in [9.17, 15) is 9.59 Å². The second-order valence-electron chi connectivity index (χ2n) is 5.47. The topological polar surface area (TPSA) is 90.7 Å². The van der Waals surface area contributed by atoms with E-state index < -0.39 is 11.5 Å². The SMILES string of the molecule is COc1cccc2cc(C(=O)Nc3nc4c(s3)COCC4)c(=O)oc12. The average Bonchev–Trinajstić information content (AvgIpc) is 3.02. The molecule has 0 radical (unpaired) electrons. The van der Waals surface area contributed by atoms with Crippen LogP contribution in [0.2, 0.25) is 0 Å². The van der Waals surface area contributed by atoms with Crippen LogP contribution in [0.5, 0.6) is 5.75 Å². The first-order chi connectivity index (χ1) is 12.2. The first-order valence-electron chi connectivity index (χ1n) is 7.64. The third-order valence-corrected chi connectivity index (χ3v) is 4.89. The summed E-state index contributed by atoms with van der Waals surface area (Å²) < 4.78 is 15.8. The minimum Gasteiger partial charge on any atom is -0.493 e. The maximum atomic E-state index is 12.5. The van der Waals surface area contributed by atoms with Crippen molar-refractivity contribution in [3.05, 3.63) is 50.8 Å². The van der Waals surface area contributed by atoms with Crippen LogP contribution in [0.3, 0.4) is 0 Å². The summed E-state index contributed by atoms with van der Waals surface area (Å²) in [6, 6.07) is 6.69. The number of anilines is 1. The number of hydrogen-bond acceptors (Lipinski definition) is 7. The fraction of sp³-hybridized carbons (Fsp3) is 0.235. The number of carbonyl (C=O) groups excluding carboxylic acids is 1. The van der Waals surface area contributed by atoms with E-state index in [0.717, 1.165) is 17.0 Å². The number of nitrogens with one attached hydrogen (secondary N) is 1. The van der Waals surface area contributed by atoms with Gasteiger partial charge in [0.05, 0.1) is 30.9 Å². The minimum absolute atomic E-state index is 0.0785. The number of para-hydroxylation sites is 1. The van der Waals surface area contributed by atoms with Crippen molar-refractivity contribution in [2.45, 2.75) is 13.0 Å². The quantitative estimate of drug-likeness (QED) is 0.724. The van der Waals surface area contributed by atoms with Gasteiger partial charge in [0.15, 0.2) is 16.5 Å². The lowest BCUT2D eigenvalue weighted by Crippen LogP contribution is -2.20. The van der Waals surface area contributed by atoms with Crippen molar-refractivity contribution in [3.63, 3.8) is 0 Å². The number of fused-ring (bicyclic) bond motifs is 2. The molecule has 2 aromatic heterocycles. The van der Waals surface area contributed by atoms with Crippen LogP contribution in [0.25, 0.3) is 11.0 Å². The summed E-state index contributed by atoms with van der Waals surface area (Å²) in [5, 5.41) is 3.73. The number of benzene rings is 1. The Kier molecular flexibility index (Phi) is 3.98. The maximum absolute atomic E-state index is 12.5. The number of thiazole rings is 1. The largest absolute Gasteiger partial charge is 0.493 e. The fourth-order valence-corrected chi connectivity index (χ4v) is 3.62. The van der Waals surface area contributed by atoms with Crippen LogP contribution in [-0.4, -0.2) is 24.6 Å². The highest BCUT2D eigenvalue weighted by Gasteiger charge is 2.20. The highest BCUT2D eigenvalue weighted by atomic mass is 32.1. The van der Waals surface area contributed by atoms with Crippen molar-refractivity contribution in [2.24, 2.45) is 0 Å². The van der Waals surface area contributed by atoms with Gasteiger partial charge in [0, 0.05) is 11.8 Å². The number of ether oxygens (including phenoxy) is 2. The molecule has 1 aliphatic rings. The molecule has 0 fully saturated rings. The van der Waals surface area contributed by atoms with Gasteiger partial charge in [-0.15, -0.1) is 0 Å². The first kappa shape index (κ1) is 15.8. The molecule has 0 atom stereocenters. The number of amides is 1. The zero-order valence-electron chi connectivity index (χ0n) is 13.3. The Labute approximate surface area is 146 Å². The van der Waals surface area contributed by atoms with Gasteiger partial charge in [-0.05, 0) is 12.1 Å². The van der Waals surface area contributed by atoms with Crippen molar-refractivity contribution >= 4 is 33.3 Å². The van der Waals surface area contributed by atoms with Gasteiger partial charge < -0.3 is 13.9 Å². The fourth-order valence-electron chi connectivity index (χ4n) is 2.68. The monoisotopic (exact) mass is 358 g/mol. The predicted octanol–water partition coefficient (Wildman–Crippen LogP) is 2.58. The molecule has 0 bridgehead atoms. The van der Waals surface area contributed by atoms with E-state index >= 15 is 0 Å². The normalized spacial score (nSPS) is 13.5. The number of rotatable bonds is 3. The summed E-state index contributed by atoms with van der Waals surface area (Å²) in [5.74, 6) is -0.111. The highest BCUT2D eigenvalue weighted by molar-refractivity contribution is 7.15. The van der Waals surface area contributed by atoms with Gasteiger partial charge in [-0.2, -0.15) is 0 Å². The van der Waals surface area contributed by atoms with Crippen LogP contribution in [0.1, 0.15) is 20.9 Å². The number of methoxy groups -OCH3 is 1. The maximum Gasteiger partial charge on any atom is 0.349 e.